The van der Waals surface area contributed by atoms with Gasteiger partial charge in [-0.15, -0.1) is 12.4 Å². The Balaban J connectivity index is 0.00000196. The summed E-state index contributed by atoms with van der Waals surface area (Å²) >= 11 is 0. The second-order valence-electron chi connectivity index (χ2n) is 2.79. The fraction of sp³-hybridized carbons (Fsp3) is 0.333. The summed E-state index contributed by atoms with van der Waals surface area (Å²) in [6.07, 6.45) is -4.41. The molecule has 0 bridgehead atoms. The zero-order valence-corrected chi connectivity index (χ0v) is 8.73. The molecule has 0 fully saturated rings. The van der Waals surface area contributed by atoms with E-state index in [4.69, 9.17) is 10.5 Å². The van der Waals surface area contributed by atoms with Gasteiger partial charge in [-0.05, 0) is 17.7 Å². The van der Waals surface area contributed by atoms with Crippen LogP contribution in [-0.4, -0.2) is 13.3 Å². The number of hydrogen-bond donors (Lipinski definition) is 1. The van der Waals surface area contributed by atoms with Gasteiger partial charge in [-0.1, -0.05) is 12.1 Å². The molecule has 1 aromatic rings. The smallest absolute Gasteiger partial charge is 0.407 e. The molecule has 0 saturated heterocycles. The molecule has 86 valence electrons. The summed E-state index contributed by atoms with van der Waals surface area (Å²) in [6.45, 7) is 0. The van der Waals surface area contributed by atoms with Crippen LogP contribution in [0.2, 0.25) is 0 Å². The van der Waals surface area contributed by atoms with E-state index in [1.54, 1.807) is 0 Å². The van der Waals surface area contributed by atoms with Crippen molar-refractivity contribution in [3.05, 3.63) is 29.8 Å². The number of nitrogens with two attached hydrogens (primary N) is 1. The highest BCUT2D eigenvalue weighted by Gasteiger charge is 2.37. The van der Waals surface area contributed by atoms with Crippen molar-refractivity contribution >= 4 is 12.4 Å². The summed E-state index contributed by atoms with van der Waals surface area (Å²) in [5.74, 6) is 0.503. The largest absolute Gasteiger partial charge is 0.497 e. The van der Waals surface area contributed by atoms with Crippen molar-refractivity contribution in [3.8, 4) is 5.75 Å². The van der Waals surface area contributed by atoms with E-state index >= 15 is 0 Å². The van der Waals surface area contributed by atoms with Crippen LogP contribution in [0.3, 0.4) is 0 Å². The molecule has 1 rings (SSSR count). The summed E-state index contributed by atoms with van der Waals surface area (Å²) in [5, 5.41) is 0. The van der Waals surface area contributed by atoms with Crippen molar-refractivity contribution in [2.75, 3.05) is 7.11 Å². The maximum absolute atomic E-state index is 12.2. The van der Waals surface area contributed by atoms with Crippen LogP contribution in [-0.2, 0) is 0 Å². The van der Waals surface area contributed by atoms with Gasteiger partial charge in [0.2, 0.25) is 0 Å². The Labute approximate surface area is 91.6 Å². The number of ether oxygens (including phenoxy) is 1. The van der Waals surface area contributed by atoms with Gasteiger partial charge < -0.3 is 10.5 Å². The van der Waals surface area contributed by atoms with E-state index in [0.29, 0.717) is 5.75 Å². The Kier molecular flexibility index (Phi) is 4.90. The summed E-state index contributed by atoms with van der Waals surface area (Å²) in [6, 6.07) is 3.56. The van der Waals surface area contributed by atoms with Crippen molar-refractivity contribution in [2.45, 2.75) is 12.2 Å². The molecule has 1 unspecified atom stereocenters. The van der Waals surface area contributed by atoms with Gasteiger partial charge in [0.1, 0.15) is 11.8 Å². The lowest BCUT2D eigenvalue weighted by Gasteiger charge is -2.15. The first-order valence-electron chi connectivity index (χ1n) is 3.91. The quantitative estimate of drug-likeness (QED) is 0.864. The van der Waals surface area contributed by atoms with Crippen LogP contribution < -0.4 is 10.5 Å². The lowest BCUT2D eigenvalue weighted by atomic mass is 10.1. The molecule has 0 radical (unpaired) electrons. The molecule has 0 aliphatic carbocycles. The van der Waals surface area contributed by atoms with Crippen molar-refractivity contribution in [1.82, 2.24) is 0 Å². The molecular formula is C9H11ClF3NO. The van der Waals surface area contributed by atoms with Gasteiger partial charge in [-0.3, -0.25) is 0 Å². The van der Waals surface area contributed by atoms with Gasteiger partial charge in [0.05, 0.1) is 7.11 Å². The van der Waals surface area contributed by atoms with Crippen LogP contribution in [0.15, 0.2) is 24.3 Å². The molecule has 1 aromatic carbocycles. The minimum atomic E-state index is -4.41. The van der Waals surface area contributed by atoms with Gasteiger partial charge in [0.15, 0.2) is 0 Å². The molecule has 0 aliphatic rings. The molecule has 0 aliphatic heterocycles. The highest BCUT2D eigenvalue weighted by atomic mass is 35.5. The lowest BCUT2D eigenvalue weighted by Crippen LogP contribution is -2.28. The van der Waals surface area contributed by atoms with Crippen LogP contribution in [0, 0.1) is 0 Å². The monoisotopic (exact) mass is 241 g/mol. The van der Waals surface area contributed by atoms with Gasteiger partial charge in [-0.25, -0.2) is 0 Å². The average Bonchev–Trinajstić information content (AvgIpc) is 2.15. The van der Waals surface area contributed by atoms with Crippen LogP contribution in [0.25, 0.3) is 0 Å². The second-order valence-corrected chi connectivity index (χ2v) is 2.79. The van der Waals surface area contributed by atoms with Crippen LogP contribution in [0.5, 0.6) is 5.75 Å². The zero-order valence-electron chi connectivity index (χ0n) is 7.91. The molecule has 2 N–H and O–H groups in total. The number of benzene rings is 1. The first kappa shape index (κ1) is 14.1. The molecule has 0 heterocycles. The van der Waals surface area contributed by atoms with Crippen LogP contribution in [0.4, 0.5) is 13.2 Å². The highest BCUT2D eigenvalue weighted by Crippen LogP contribution is 2.30. The predicted molar refractivity (Wildman–Crippen MR) is 53.2 cm³/mol. The summed E-state index contributed by atoms with van der Waals surface area (Å²) in [7, 11) is 1.44. The highest BCUT2D eigenvalue weighted by molar-refractivity contribution is 5.85. The number of methoxy groups -OCH3 is 1. The summed E-state index contributed by atoms with van der Waals surface area (Å²) < 4.78 is 41.3. The Hall–Kier alpha value is -0.940. The third-order valence-corrected chi connectivity index (χ3v) is 1.83. The van der Waals surface area contributed by atoms with Gasteiger partial charge in [0, 0.05) is 0 Å². The molecule has 0 spiro atoms. The average molecular weight is 242 g/mol. The number of halogens is 4. The van der Waals surface area contributed by atoms with Crippen molar-refractivity contribution in [3.63, 3.8) is 0 Å². The van der Waals surface area contributed by atoms with Gasteiger partial charge in [-0.2, -0.15) is 13.2 Å². The number of hydrogen-bond acceptors (Lipinski definition) is 2. The number of alkyl halides is 3. The van der Waals surface area contributed by atoms with E-state index in [1.807, 2.05) is 0 Å². The molecule has 15 heavy (non-hydrogen) atoms. The van der Waals surface area contributed by atoms with Crippen molar-refractivity contribution in [2.24, 2.45) is 5.73 Å². The van der Waals surface area contributed by atoms with Gasteiger partial charge in [0.25, 0.3) is 0 Å². The minimum Gasteiger partial charge on any atom is -0.497 e. The van der Waals surface area contributed by atoms with Crippen LogP contribution >= 0.6 is 12.4 Å². The predicted octanol–water partition coefficient (Wildman–Crippen LogP) is 2.68. The van der Waals surface area contributed by atoms with Gasteiger partial charge >= 0.3 is 6.18 Å². The Morgan fingerprint density at radius 1 is 1.20 bits per heavy atom. The Bertz CT molecular complexity index is 299. The van der Waals surface area contributed by atoms with E-state index in [9.17, 15) is 13.2 Å². The third kappa shape index (κ3) is 3.60. The first-order valence-corrected chi connectivity index (χ1v) is 3.91. The molecule has 6 heteroatoms. The normalized spacial score (nSPS) is 12.9. The summed E-state index contributed by atoms with van der Waals surface area (Å²) in [5.41, 5.74) is 5.02. The first-order chi connectivity index (χ1) is 6.45. The lowest BCUT2D eigenvalue weighted by molar-refractivity contribution is -0.149. The topological polar surface area (TPSA) is 35.2 Å². The summed E-state index contributed by atoms with van der Waals surface area (Å²) in [4.78, 5) is 0. The van der Waals surface area contributed by atoms with E-state index in [1.165, 1.54) is 31.4 Å². The van der Waals surface area contributed by atoms with E-state index in [0.717, 1.165) is 0 Å². The number of rotatable bonds is 2. The SMILES string of the molecule is COc1ccc(C(N)C(F)(F)F)cc1.Cl. The standard InChI is InChI=1S/C9H10F3NO.ClH/c1-14-7-4-2-6(3-5-7)8(13)9(10,11)12;/h2-5,8H,13H2,1H3;1H. The van der Waals surface area contributed by atoms with Crippen LogP contribution in [0.1, 0.15) is 11.6 Å². The molecular weight excluding hydrogens is 231 g/mol. The molecule has 0 amide bonds. The minimum absolute atomic E-state index is 0. The van der Waals surface area contributed by atoms with E-state index in [-0.39, 0.29) is 18.0 Å². The van der Waals surface area contributed by atoms with Crippen molar-refractivity contribution in [1.29, 1.82) is 0 Å². The molecule has 0 saturated carbocycles. The Morgan fingerprint density at radius 3 is 2.00 bits per heavy atom. The second kappa shape index (κ2) is 5.23. The fourth-order valence-electron chi connectivity index (χ4n) is 1.00. The Morgan fingerprint density at radius 2 is 1.67 bits per heavy atom. The third-order valence-electron chi connectivity index (χ3n) is 1.83. The maximum Gasteiger partial charge on any atom is 0.407 e. The molecule has 2 nitrogen and oxygen atoms in total. The van der Waals surface area contributed by atoms with Crippen molar-refractivity contribution < 1.29 is 17.9 Å². The zero-order chi connectivity index (χ0) is 10.8. The fourth-order valence-corrected chi connectivity index (χ4v) is 1.00. The van der Waals surface area contributed by atoms with E-state index < -0.39 is 12.2 Å². The molecule has 0 aromatic heterocycles. The molecule has 1 atom stereocenters. The van der Waals surface area contributed by atoms with E-state index in [2.05, 4.69) is 0 Å². The maximum atomic E-state index is 12.2.